The van der Waals surface area contributed by atoms with Crippen LogP contribution in [0.3, 0.4) is 0 Å². The molecule has 0 saturated heterocycles. The van der Waals surface area contributed by atoms with Crippen molar-refractivity contribution in [3.63, 3.8) is 0 Å². The summed E-state index contributed by atoms with van der Waals surface area (Å²) in [5, 5.41) is 11.3. The van der Waals surface area contributed by atoms with E-state index in [1.54, 1.807) is 30.8 Å². The standard InChI is InChI=1S/C16H21ClN4O3S3/c1-5-8-25-16-20-19-15(26-16)18-14(22)11(3)21(27(4,23)24)13-9-12(17)7-6-10(13)2/h6-7,9,11H,5,8H2,1-4H3,(H,18,19,22)/t11-/m0/s1. The molecule has 1 heterocycles. The third kappa shape index (κ3) is 5.81. The summed E-state index contributed by atoms with van der Waals surface area (Å²) in [5.41, 5.74) is 1.06. The summed E-state index contributed by atoms with van der Waals surface area (Å²) < 4.78 is 26.6. The van der Waals surface area contributed by atoms with Gasteiger partial charge in [0.1, 0.15) is 6.04 Å². The molecule has 0 unspecified atom stereocenters. The predicted octanol–water partition coefficient (Wildman–Crippen LogP) is 3.80. The molecule has 1 amide bonds. The van der Waals surface area contributed by atoms with Crippen molar-refractivity contribution >= 4 is 61.4 Å². The number of sulfonamides is 1. The number of carbonyl (C=O) groups is 1. The molecule has 1 atom stereocenters. The Morgan fingerprint density at radius 2 is 2.11 bits per heavy atom. The third-order valence-corrected chi connectivity index (χ3v) is 7.20. The van der Waals surface area contributed by atoms with Gasteiger partial charge in [0, 0.05) is 10.8 Å². The normalized spacial score (nSPS) is 12.6. The Balaban J connectivity index is 2.25. The number of thioether (sulfide) groups is 1. The molecule has 148 valence electrons. The summed E-state index contributed by atoms with van der Waals surface area (Å²) in [5.74, 6) is 0.414. The molecule has 0 radical (unpaired) electrons. The van der Waals surface area contributed by atoms with Crippen molar-refractivity contribution < 1.29 is 13.2 Å². The van der Waals surface area contributed by atoms with Gasteiger partial charge in [0.2, 0.25) is 21.1 Å². The maximum absolute atomic E-state index is 12.7. The fourth-order valence-electron chi connectivity index (χ4n) is 2.32. The van der Waals surface area contributed by atoms with Crippen LogP contribution in [0.1, 0.15) is 25.8 Å². The number of hydrogen-bond acceptors (Lipinski definition) is 7. The van der Waals surface area contributed by atoms with Crippen LogP contribution < -0.4 is 9.62 Å². The molecular weight excluding hydrogens is 428 g/mol. The number of anilines is 2. The summed E-state index contributed by atoms with van der Waals surface area (Å²) in [6.07, 6.45) is 2.06. The minimum Gasteiger partial charge on any atom is -0.299 e. The van der Waals surface area contributed by atoms with E-state index in [0.717, 1.165) is 27.1 Å². The van der Waals surface area contributed by atoms with Crippen LogP contribution >= 0.6 is 34.7 Å². The van der Waals surface area contributed by atoms with Gasteiger partial charge in [0.25, 0.3) is 0 Å². The third-order valence-electron chi connectivity index (χ3n) is 3.56. The van der Waals surface area contributed by atoms with Crippen LogP contribution in [-0.4, -0.2) is 42.6 Å². The van der Waals surface area contributed by atoms with E-state index in [-0.39, 0.29) is 0 Å². The van der Waals surface area contributed by atoms with Crippen LogP contribution in [0.15, 0.2) is 22.5 Å². The Labute approximate surface area is 172 Å². The number of aryl methyl sites for hydroxylation is 1. The maximum atomic E-state index is 12.7. The first-order valence-corrected chi connectivity index (χ1v) is 12.2. The molecule has 1 aromatic carbocycles. The second-order valence-electron chi connectivity index (χ2n) is 5.88. The second-order valence-corrected chi connectivity index (χ2v) is 10.5. The number of benzene rings is 1. The van der Waals surface area contributed by atoms with Crippen LogP contribution in [0.5, 0.6) is 0 Å². The molecule has 1 N–H and O–H groups in total. The van der Waals surface area contributed by atoms with Crippen molar-refractivity contribution in [1.29, 1.82) is 0 Å². The Morgan fingerprint density at radius 1 is 1.41 bits per heavy atom. The highest BCUT2D eigenvalue weighted by atomic mass is 35.5. The first-order chi connectivity index (χ1) is 12.6. The van der Waals surface area contributed by atoms with E-state index in [1.165, 1.54) is 24.3 Å². The molecule has 0 aliphatic heterocycles. The molecule has 0 fully saturated rings. The van der Waals surface area contributed by atoms with E-state index >= 15 is 0 Å². The number of nitrogens with one attached hydrogen (secondary N) is 1. The predicted molar refractivity (Wildman–Crippen MR) is 113 cm³/mol. The Kier molecular flexibility index (Phi) is 7.49. The van der Waals surface area contributed by atoms with Crippen LogP contribution in [0.2, 0.25) is 5.02 Å². The number of hydrogen-bond donors (Lipinski definition) is 1. The van der Waals surface area contributed by atoms with Gasteiger partial charge in [-0.25, -0.2) is 8.42 Å². The topological polar surface area (TPSA) is 92.3 Å². The molecule has 0 aliphatic rings. The summed E-state index contributed by atoms with van der Waals surface area (Å²) in [6, 6.07) is 3.92. The van der Waals surface area contributed by atoms with E-state index in [4.69, 9.17) is 11.6 Å². The van der Waals surface area contributed by atoms with Crippen LogP contribution in [0.4, 0.5) is 10.8 Å². The summed E-state index contributed by atoms with van der Waals surface area (Å²) in [7, 11) is -3.72. The molecule has 0 saturated carbocycles. The Hall–Kier alpha value is -1.36. The lowest BCUT2D eigenvalue weighted by Gasteiger charge is -2.29. The summed E-state index contributed by atoms with van der Waals surface area (Å²) in [6.45, 7) is 5.34. The molecule has 2 aromatic rings. The van der Waals surface area contributed by atoms with Gasteiger partial charge in [0.15, 0.2) is 4.34 Å². The largest absolute Gasteiger partial charge is 0.299 e. The number of amides is 1. The fraction of sp³-hybridized carbons (Fsp3) is 0.438. The van der Waals surface area contributed by atoms with E-state index in [0.29, 0.717) is 21.4 Å². The number of rotatable bonds is 8. The van der Waals surface area contributed by atoms with Gasteiger partial charge in [-0.1, -0.05) is 47.7 Å². The summed E-state index contributed by atoms with van der Waals surface area (Å²) in [4.78, 5) is 12.7. The molecule has 0 aliphatic carbocycles. The molecular formula is C16H21ClN4O3S3. The highest BCUT2D eigenvalue weighted by molar-refractivity contribution is 8.01. The van der Waals surface area contributed by atoms with Crippen molar-refractivity contribution in [3.05, 3.63) is 28.8 Å². The van der Waals surface area contributed by atoms with Crippen LogP contribution in [0.25, 0.3) is 0 Å². The van der Waals surface area contributed by atoms with Crippen molar-refractivity contribution in [2.24, 2.45) is 0 Å². The van der Waals surface area contributed by atoms with Crippen molar-refractivity contribution in [1.82, 2.24) is 10.2 Å². The van der Waals surface area contributed by atoms with Gasteiger partial charge in [-0.05, 0) is 38.0 Å². The van der Waals surface area contributed by atoms with E-state index < -0.39 is 22.0 Å². The van der Waals surface area contributed by atoms with E-state index in [9.17, 15) is 13.2 Å². The molecule has 27 heavy (non-hydrogen) atoms. The van der Waals surface area contributed by atoms with Crippen molar-refractivity contribution in [3.8, 4) is 0 Å². The highest BCUT2D eigenvalue weighted by Gasteiger charge is 2.31. The Morgan fingerprint density at radius 3 is 2.74 bits per heavy atom. The van der Waals surface area contributed by atoms with Gasteiger partial charge in [-0.15, -0.1) is 10.2 Å². The first-order valence-electron chi connectivity index (χ1n) is 8.16. The van der Waals surface area contributed by atoms with Gasteiger partial charge in [-0.3, -0.25) is 14.4 Å². The highest BCUT2D eigenvalue weighted by Crippen LogP contribution is 2.29. The van der Waals surface area contributed by atoms with E-state index in [1.807, 2.05) is 0 Å². The zero-order chi connectivity index (χ0) is 20.2. The lowest BCUT2D eigenvalue weighted by molar-refractivity contribution is -0.116. The molecule has 0 bridgehead atoms. The fourth-order valence-corrected chi connectivity index (χ4v) is 5.39. The SMILES string of the molecule is CCCSc1nnc(NC(=O)[C@H](C)N(c2cc(Cl)ccc2C)S(C)(=O)=O)s1. The molecule has 11 heteroatoms. The molecule has 2 rings (SSSR count). The van der Waals surface area contributed by atoms with Crippen LogP contribution in [-0.2, 0) is 14.8 Å². The maximum Gasteiger partial charge on any atom is 0.249 e. The Bertz CT molecular complexity index is 917. The average Bonchev–Trinajstić information content (AvgIpc) is 3.02. The second kappa shape index (κ2) is 9.22. The lowest BCUT2D eigenvalue weighted by Crippen LogP contribution is -2.45. The van der Waals surface area contributed by atoms with Gasteiger partial charge < -0.3 is 0 Å². The zero-order valence-electron chi connectivity index (χ0n) is 15.4. The van der Waals surface area contributed by atoms with Crippen molar-refractivity contribution in [2.75, 3.05) is 21.6 Å². The first kappa shape index (κ1) is 21.9. The summed E-state index contributed by atoms with van der Waals surface area (Å²) >= 11 is 8.85. The average molecular weight is 449 g/mol. The minimum absolute atomic E-state index is 0.335. The van der Waals surface area contributed by atoms with Crippen molar-refractivity contribution in [2.45, 2.75) is 37.6 Å². The zero-order valence-corrected chi connectivity index (χ0v) is 18.6. The number of halogens is 1. The van der Waals surface area contributed by atoms with Gasteiger partial charge in [0.05, 0.1) is 11.9 Å². The lowest BCUT2D eigenvalue weighted by atomic mass is 10.2. The minimum atomic E-state index is -3.72. The van der Waals surface area contributed by atoms with Crippen LogP contribution in [0, 0.1) is 6.92 Å². The van der Waals surface area contributed by atoms with E-state index in [2.05, 4.69) is 22.4 Å². The number of aromatic nitrogens is 2. The number of carbonyl (C=O) groups excluding carboxylic acids is 1. The number of nitrogens with zero attached hydrogens (tertiary/aromatic N) is 3. The monoisotopic (exact) mass is 448 g/mol. The molecule has 0 spiro atoms. The molecule has 7 nitrogen and oxygen atoms in total. The smallest absolute Gasteiger partial charge is 0.249 e. The van der Waals surface area contributed by atoms with Gasteiger partial charge >= 0.3 is 0 Å². The van der Waals surface area contributed by atoms with Gasteiger partial charge in [-0.2, -0.15) is 0 Å². The quantitative estimate of drug-likeness (QED) is 0.487. The molecule has 1 aromatic heterocycles.